The molecule has 2 aromatic heterocycles. The molecule has 0 bridgehead atoms. The number of nitrogens with zero attached hydrogens (tertiary/aromatic N) is 2. The first-order valence-electron chi connectivity index (χ1n) is 7.44. The number of furan rings is 1. The zero-order chi connectivity index (χ0) is 16.3. The van der Waals surface area contributed by atoms with Crippen molar-refractivity contribution in [2.45, 2.75) is 43.4 Å². The molecule has 0 aromatic carbocycles. The van der Waals surface area contributed by atoms with Gasteiger partial charge in [-0.3, -0.25) is 4.79 Å². The van der Waals surface area contributed by atoms with E-state index in [0.29, 0.717) is 0 Å². The minimum atomic E-state index is -3.97. The van der Waals surface area contributed by atoms with Gasteiger partial charge in [-0.2, -0.15) is 0 Å². The van der Waals surface area contributed by atoms with Crippen LogP contribution in [0, 0.1) is 0 Å². The minimum absolute atomic E-state index is 0.0405. The quantitative estimate of drug-likeness (QED) is 0.878. The summed E-state index contributed by atoms with van der Waals surface area (Å²) < 4.78 is 34.5. The van der Waals surface area contributed by atoms with E-state index in [1.54, 1.807) is 12.1 Å². The van der Waals surface area contributed by atoms with E-state index in [2.05, 4.69) is 15.5 Å². The second kappa shape index (κ2) is 6.53. The highest BCUT2D eigenvalue weighted by Crippen LogP contribution is 2.21. The van der Waals surface area contributed by atoms with Crippen molar-refractivity contribution in [1.82, 2.24) is 15.5 Å². The van der Waals surface area contributed by atoms with Crippen molar-refractivity contribution in [2.75, 3.05) is 5.75 Å². The lowest BCUT2D eigenvalue weighted by atomic mass is 9.95. The molecule has 1 N–H and O–H groups in total. The van der Waals surface area contributed by atoms with Crippen LogP contribution in [0.3, 0.4) is 0 Å². The lowest BCUT2D eigenvalue weighted by Gasteiger charge is -2.22. The van der Waals surface area contributed by atoms with Crippen molar-refractivity contribution in [2.24, 2.45) is 0 Å². The molecule has 124 valence electrons. The first-order chi connectivity index (χ1) is 11.0. The number of amides is 1. The summed E-state index contributed by atoms with van der Waals surface area (Å²) in [6, 6.07) is 3.23. The number of hydrogen-bond donors (Lipinski definition) is 1. The Hall–Kier alpha value is -2.16. The maximum atomic E-state index is 12.2. The van der Waals surface area contributed by atoms with Crippen molar-refractivity contribution in [3.05, 3.63) is 18.4 Å². The first-order valence-corrected chi connectivity index (χ1v) is 9.09. The Bertz CT molecular complexity index is 760. The van der Waals surface area contributed by atoms with Crippen LogP contribution in [0.4, 0.5) is 0 Å². The molecule has 0 spiro atoms. The van der Waals surface area contributed by atoms with Crippen LogP contribution in [-0.2, 0) is 14.6 Å². The monoisotopic (exact) mass is 339 g/mol. The van der Waals surface area contributed by atoms with Crippen molar-refractivity contribution in [3.8, 4) is 11.7 Å². The van der Waals surface area contributed by atoms with Crippen molar-refractivity contribution < 1.29 is 22.0 Å². The molecule has 1 aliphatic rings. The molecule has 0 unspecified atom stereocenters. The third kappa shape index (κ3) is 3.79. The Morgan fingerprint density at radius 1 is 1.26 bits per heavy atom. The smallest absolute Gasteiger partial charge is 0.336 e. The molecule has 0 atom stereocenters. The summed E-state index contributed by atoms with van der Waals surface area (Å²) in [6.45, 7) is 0. The standard InChI is InChI=1S/C14H17N3O5S/c18-12(15-10-5-2-1-3-6-10)9-23(19,20)14-17-16-13(22-14)11-7-4-8-21-11/h4,7-8,10H,1-3,5-6,9H2,(H,15,18). The lowest BCUT2D eigenvalue weighted by molar-refractivity contribution is -0.119. The van der Waals surface area contributed by atoms with Gasteiger partial charge in [-0.25, -0.2) is 8.42 Å². The van der Waals surface area contributed by atoms with E-state index in [-0.39, 0.29) is 17.7 Å². The Labute approximate surface area is 133 Å². The van der Waals surface area contributed by atoms with Gasteiger partial charge < -0.3 is 14.2 Å². The maximum Gasteiger partial charge on any atom is 0.336 e. The van der Waals surface area contributed by atoms with Crippen LogP contribution in [0.1, 0.15) is 32.1 Å². The normalized spacial score (nSPS) is 16.3. The van der Waals surface area contributed by atoms with Crippen LogP contribution in [0.5, 0.6) is 0 Å². The third-order valence-electron chi connectivity index (χ3n) is 3.70. The Morgan fingerprint density at radius 2 is 2.04 bits per heavy atom. The molecule has 1 amide bonds. The van der Waals surface area contributed by atoms with Crippen LogP contribution >= 0.6 is 0 Å². The van der Waals surface area contributed by atoms with Crippen LogP contribution in [0.15, 0.2) is 32.5 Å². The fourth-order valence-corrected chi connectivity index (χ4v) is 3.51. The first kappa shape index (κ1) is 15.7. The SMILES string of the molecule is O=C(CS(=O)(=O)c1nnc(-c2ccco2)o1)NC1CCCCC1. The number of carbonyl (C=O) groups is 1. The molecular weight excluding hydrogens is 322 g/mol. The maximum absolute atomic E-state index is 12.2. The van der Waals surface area contributed by atoms with Gasteiger partial charge in [-0.1, -0.05) is 24.4 Å². The van der Waals surface area contributed by atoms with Crippen LogP contribution in [0.25, 0.3) is 11.7 Å². The highest BCUT2D eigenvalue weighted by atomic mass is 32.2. The van der Waals surface area contributed by atoms with E-state index in [1.165, 1.54) is 6.26 Å². The number of carbonyl (C=O) groups excluding carboxylic acids is 1. The summed E-state index contributed by atoms with van der Waals surface area (Å²) in [5.41, 5.74) is 0. The number of rotatable bonds is 5. The van der Waals surface area contributed by atoms with Gasteiger partial charge in [-0.05, 0) is 25.0 Å². The Kier molecular flexibility index (Phi) is 4.46. The largest absolute Gasteiger partial charge is 0.459 e. The van der Waals surface area contributed by atoms with Gasteiger partial charge in [0.05, 0.1) is 6.26 Å². The fraction of sp³-hybridized carbons (Fsp3) is 0.500. The summed E-state index contributed by atoms with van der Waals surface area (Å²) in [5.74, 6) is -1.02. The van der Waals surface area contributed by atoms with E-state index < -0.39 is 26.7 Å². The predicted molar refractivity (Wildman–Crippen MR) is 79.1 cm³/mol. The number of nitrogens with one attached hydrogen (secondary N) is 1. The van der Waals surface area contributed by atoms with Crippen LogP contribution < -0.4 is 5.32 Å². The van der Waals surface area contributed by atoms with Gasteiger partial charge in [0.2, 0.25) is 15.7 Å². The number of sulfone groups is 1. The predicted octanol–water partition coefficient (Wildman–Crippen LogP) is 1.55. The number of hydrogen-bond acceptors (Lipinski definition) is 7. The van der Waals surface area contributed by atoms with Gasteiger partial charge in [0.15, 0.2) is 5.76 Å². The lowest BCUT2D eigenvalue weighted by Crippen LogP contribution is -2.39. The Morgan fingerprint density at radius 3 is 2.74 bits per heavy atom. The molecule has 0 radical (unpaired) electrons. The van der Waals surface area contributed by atoms with E-state index in [0.717, 1.165) is 32.1 Å². The van der Waals surface area contributed by atoms with Gasteiger partial charge in [0, 0.05) is 6.04 Å². The highest BCUT2D eigenvalue weighted by molar-refractivity contribution is 7.91. The third-order valence-corrected chi connectivity index (χ3v) is 5.04. The molecule has 3 rings (SSSR count). The molecule has 0 aliphatic heterocycles. The van der Waals surface area contributed by atoms with Gasteiger partial charge >= 0.3 is 5.22 Å². The molecule has 2 aromatic rings. The fourth-order valence-electron chi connectivity index (χ4n) is 2.59. The average Bonchev–Trinajstić information content (AvgIpc) is 3.19. The van der Waals surface area contributed by atoms with Crippen LogP contribution in [0.2, 0.25) is 0 Å². The van der Waals surface area contributed by atoms with E-state index in [9.17, 15) is 13.2 Å². The molecule has 9 heteroatoms. The molecular formula is C14H17N3O5S. The van der Waals surface area contributed by atoms with Crippen molar-refractivity contribution in [1.29, 1.82) is 0 Å². The molecule has 1 saturated carbocycles. The molecule has 2 heterocycles. The highest BCUT2D eigenvalue weighted by Gasteiger charge is 2.28. The summed E-state index contributed by atoms with van der Waals surface area (Å²) >= 11 is 0. The zero-order valence-corrected chi connectivity index (χ0v) is 13.2. The second-order valence-electron chi connectivity index (χ2n) is 5.51. The van der Waals surface area contributed by atoms with E-state index >= 15 is 0 Å². The molecule has 1 fully saturated rings. The average molecular weight is 339 g/mol. The van der Waals surface area contributed by atoms with Gasteiger partial charge in [0.1, 0.15) is 5.75 Å². The van der Waals surface area contributed by atoms with Crippen molar-refractivity contribution >= 4 is 15.7 Å². The summed E-state index contributed by atoms with van der Waals surface area (Å²) in [5, 5.41) is 9.30. The zero-order valence-electron chi connectivity index (χ0n) is 12.4. The molecule has 23 heavy (non-hydrogen) atoms. The molecule has 8 nitrogen and oxygen atoms in total. The Balaban J connectivity index is 1.65. The number of aromatic nitrogens is 2. The topological polar surface area (TPSA) is 115 Å². The van der Waals surface area contributed by atoms with Gasteiger partial charge in [0.25, 0.3) is 5.89 Å². The molecule has 1 aliphatic carbocycles. The van der Waals surface area contributed by atoms with E-state index in [1.807, 2.05) is 0 Å². The summed E-state index contributed by atoms with van der Waals surface area (Å²) in [7, 11) is -3.97. The van der Waals surface area contributed by atoms with E-state index in [4.69, 9.17) is 8.83 Å². The second-order valence-corrected chi connectivity index (χ2v) is 7.38. The summed E-state index contributed by atoms with van der Waals surface area (Å²) in [4.78, 5) is 11.9. The summed E-state index contributed by atoms with van der Waals surface area (Å²) in [6.07, 6.45) is 6.43. The van der Waals surface area contributed by atoms with Gasteiger partial charge in [-0.15, -0.1) is 5.10 Å². The minimum Gasteiger partial charge on any atom is -0.459 e. The molecule has 0 saturated heterocycles. The van der Waals surface area contributed by atoms with Crippen molar-refractivity contribution in [3.63, 3.8) is 0 Å². The van der Waals surface area contributed by atoms with Crippen LogP contribution in [-0.4, -0.2) is 36.3 Å².